The third-order valence-electron chi connectivity index (χ3n) is 3.43. The van der Waals surface area contributed by atoms with E-state index in [1.165, 1.54) is 5.56 Å². The minimum atomic E-state index is -0.615. The normalized spacial score (nSPS) is 14.2. The van der Waals surface area contributed by atoms with E-state index in [4.69, 9.17) is 0 Å². The van der Waals surface area contributed by atoms with E-state index >= 15 is 0 Å². The lowest BCUT2D eigenvalue weighted by atomic mass is 10.0. The molecule has 2 aromatic carbocycles. The lowest BCUT2D eigenvalue weighted by molar-refractivity contribution is 0.0983. The Balaban J connectivity index is 1.74. The quantitative estimate of drug-likeness (QED) is 0.816. The molecule has 0 saturated carbocycles. The Morgan fingerprint density at radius 3 is 2.14 bits per heavy atom. The van der Waals surface area contributed by atoms with Crippen molar-refractivity contribution in [3.05, 3.63) is 77.9 Å². The topological polar surface area (TPSA) is 40.5 Å². The van der Waals surface area contributed by atoms with Crippen molar-refractivity contribution in [2.45, 2.75) is 31.5 Å². The number of benzene rings is 2. The maximum atomic E-state index is 9.98. The van der Waals surface area contributed by atoms with Gasteiger partial charge in [-0.15, -0.1) is 0 Å². The molecule has 0 aromatic heterocycles. The molecule has 110 valence electrons. The highest BCUT2D eigenvalue weighted by Crippen LogP contribution is 2.11. The first-order valence-corrected chi connectivity index (χ1v) is 7.37. The molecule has 0 fully saturated rings. The molecule has 2 N–H and O–H groups in total. The molecule has 2 nitrogen and oxygen atoms in total. The summed E-state index contributed by atoms with van der Waals surface area (Å²) in [5.41, 5.74) is 2.26. The molecule has 0 aliphatic heterocycles. The molecule has 0 heterocycles. The van der Waals surface area contributed by atoms with E-state index in [0.29, 0.717) is 12.8 Å². The molecule has 0 aliphatic carbocycles. The number of aryl methyl sites for hydroxylation is 1. The lowest BCUT2D eigenvalue weighted by Gasteiger charge is -2.13. The van der Waals surface area contributed by atoms with Gasteiger partial charge in [0.1, 0.15) is 0 Å². The van der Waals surface area contributed by atoms with Crippen molar-refractivity contribution in [1.29, 1.82) is 0 Å². The summed E-state index contributed by atoms with van der Waals surface area (Å²) in [6.07, 6.45) is 4.39. The summed E-state index contributed by atoms with van der Waals surface area (Å²) in [6, 6.07) is 19.9. The molecule has 0 amide bonds. The summed E-state index contributed by atoms with van der Waals surface area (Å²) in [7, 11) is 0. The molecule has 2 heteroatoms. The number of hydrogen-bond acceptors (Lipinski definition) is 2. The Kier molecular flexibility index (Phi) is 6.20. The van der Waals surface area contributed by atoms with Crippen LogP contribution in [0.25, 0.3) is 6.08 Å². The zero-order valence-corrected chi connectivity index (χ0v) is 12.1. The smallest absolute Gasteiger partial charge is 0.0748 e. The van der Waals surface area contributed by atoms with Gasteiger partial charge in [0.15, 0.2) is 0 Å². The molecule has 2 atom stereocenters. The van der Waals surface area contributed by atoms with Crippen LogP contribution in [0.4, 0.5) is 0 Å². The second kappa shape index (κ2) is 8.40. The summed E-state index contributed by atoms with van der Waals surface area (Å²) >= 11 is 0. The standard InChI is InChI=1S/C19H22O2/c20-18(13-11-16-7-3-1-4-8-16)15-19(21)14-12-17-9-5-2-6-10-17/h1-11,13,18-21H,12,14-15H2/b13-11+/t18-,19+/m1/s1. The second-order valence-electron chi connectivity index (χ2n) is 5.25. The van der Waals surface area contributed by atoms with Gasteiger partial charge in [-0.05, 0) is 24.0 Å². The van der Waals surface area contributed by atoms with E-state index in [9.17, 15) is 10.2 Å². The monoisotopic (exact) mass is 282 g/mol. The Labute approximate surface area is 126 Å². The van der Waals surface area contributed by atoms with Crippen molar-refractivity contribution < 1.29 is 10.2 Å². The van der Waals surface area contributed by atoms with E-state index in [-0.39, 0.29) is 0 Å². The molecule has 0 saturated heterocycles. The Hall–Kier alpha value is -1.90. The van der Waals surface area contributed by atoms with Crippen LogP contribution in [-0.2, 0) is 6.42 Å². The van der Waals surface area contributed by atoms with E-state index in [1.807, 2.05) is 54.6 Å². The molecule has 0 bridgehead atoms. The number of aliphatic hydroxyl groups excluding tert-OH is 2. The van der Waals surface area contributed by atoms with Gasteiger partial charge >= 0.3 is 0 Å². The molecular formula is C19H22O2. The fourth-order valence-electron chi connectivity index (χ4n) is 2.24. The number of hydrogen-bond donors (Lipinski definition) is 2. The van der Waals surface area contributed by atoms with Gasteiger partial charge in [0, 0.05) is 6.42 Å². The lowest BCUT2D eigenvalue weighted by Crippen LogP contribution is -2.16. The summed E-state index contributed by atoms with van der Waals surface area (Å²) < 4.78 is 0. The molecule has 0 radical (unpaired) electrons. The van der Waals surface area contributed by atoms with Crippen LogP contribution >= 0.6 is 0 Å². The summed E-state index contributed by atoms with van der Waals surface area (Å²) in [5, 5.41) is 19.9. The van der Waals surface area contributed by atoms with E-state index in [1.54, 1.807) is 6.08 Å². The Bertz CT molecular complexity index is 534. The molecule has 0 unspecified atom stereocenters. The molecular weight excluding hydrogens is 260 g/mol. The zero-order chi connectivity index (χ0) is 14.9. The summed E-state index contributed by atoms with van der Waals surface area (Å²) in [5.74, 6) is 0. The van der Waals surface area contributed by atoms with Gasteiger partial charge in [0.25, 0.3) is 0 Å². The van der Waals surface area contributed by atoms with E-state index in [2.05, 4.69) is 12.1 Å². The SMILES string of the molecule is O[C@@H](CCc1ccccc1)C[C@H](O)/C=C/c1ccccc1. The average Bonchev–Trinajstić information content (AvgIpc) is 2.53. The fourth-order valence-corrected chi connectivity index (χ4v) is 2.24. The van der Waals surface area contributed by atoms with Crippen molar-refractivity contribution in [2.24, 2.45) is 0 Å². The average molecular weight is 282 g/mol. The fraction of sp³-hybridized carbons (Fsp3) is 0.263. The summed E-state index contributed by atoms with van der Waals surface area (Å²) in [4.78, 5) is 0. The Morgan fingerprint density at radius 1 is 0.857 bits per heavy atom. The second-order valence-corrected chi connectivity index (χ2v) is 5.25. The van der Waals surface area contributed by atoms with Crippen LogP contribution in [0.2, 0.25) is 0 Å². The maximum Gasteiger partial charge on any atom is 0.0748 e. The van der Waals surface area contributed by atoms with Crippen LogP contribution in [0.3, 0.4) is 0 Å². The van der Waals surface area contributed by atoms with Crippen LogP contribution in [0, 0.1) is 0 Å². The van der Waals surface area contributed by atoms with Gasteiger partial charge in [-0.1, -0.05) is 72.8 Å². The largest absolute Gasteiger partial charge is 0.393 e. The van der Waals surface area contributed by atoms with Crippen molar-refractivity contribution in [3.8, 4) is 0 Å². The van der Waals surface area contributed by atoms with Gasteiger partial charge in [0.2, 0.25) is 0 Å². The van der Waals surface area contributed by atoms with Crippen molar-refractivity contribution in [3.63, 3.8) is 0 Å². The van der Waals surface area contributed by atoms with E-state index in [0.717, 1.165) is 12.0 Å². The van der Waals surface area contributed by atoms with E-state index < -0.39 is 12.2 Å². The minimum absolute atomic E-state index is 0.371. The number of aliphatic hydroxyl groups is 2. The highest BCUT2D eigenvalue weighted by Gasteiger charge is 2.09. The summed E-state index contributed by atoms with van der Waals surface area (Å²) in [6.45, 7) is 0. The first-order chi connectivity index (χ1) is 10.2. The van der Waals surface area contributed by atoms with Gasteiger partial charge < -0.3 is 10.2 Å². The number of rotatable bonds is 7. The van der Waals surface area contributed by atoms with Crippen LogP contribution in [0.1, 0.15) is 24.0 Å². The highest BCUT2D eigenvalue weighted by molar-refractivity contribution is 5.49. The third kappa shape index (κ3) is 5.94. The maximum absolute atomic E-state index is 9.98. The van der Waals surface area contributed by atoms with Crippen LogP contribution in [0.5, 0.6) is 0 Å². The van der Waals surface area contributed by atoms with Crippen LogP contribution in [0.15, 0.2) is 66.7 Å². The van der Waals surface area contributed by atoms with Crippen LogP contribution in [-0.4, -0.2) is 22.4 Å². The molecule has 0 spiro atoms. The molecule has 2 rings (SSSR count). The third-order valence-corrected chi connectivity index (χ3v) is 3.43. The van der Waals surface area contributed by atoms with Gasteiger partial charge in [0.05, 0.1) is 12.2 Å². The predicted molar refractivity (Wildman–Crippen MR) is 86.9 cm³/mol. The van der Waals surface area contributed by atoms with Gasteiger partial charge in [-0.3, -0.25) is 0 Å². The minimum Gasteiger partial charge on any atom is -0.393 e. The predicted octanol–water partition coefficient (Wildman–Crippen LogP) is 3.44. The molecule has 2 aromatic rings. The van der Waals surface area contributed by atoms with Gasteiger partial charge in [-0.25, -0.2) is 0 Å². The van der Waals surface area contributed by atoms with Crippen molar-refractivity contribution in [2.75, 3.05) is 0 Å². The van der Waals surface area contributed by atoms with Crippen LogP contribution < -0.4 is 0 Å². The first kappa shape index (κ1) is 15.5. The highest BCUT2D eigenvalue weighted by atomic mass is 16.3. The zero-order valence-electron chi connectivity index (χ0n) is 12.1. The molecule has 0 aliphatic rings. The van der Waals surface area contributed by atoms with Gasteiger partial charge in [-0.2, -0.15) is 0 Å². The van der Waals surface area contributed by atoms with Crippen molar-refractivity contribution in [1.82, 2.24) is 0 Å². The van der Waals surface area contributed by atoms with Crippen molar-refractivity contribution >= 4 is 6.08 Å². The first-order valence-electron chi connectivity index (χ1n) is 7.37. The molecule has 21 heavy (non-hydrogen) atoms. The Morgan fingerprint density at radius 2 is 1.48 bits per heavy atom.